The van der Waals surface area contributed by atoms with Crippen molar-refractivity contribution in [2.75, 3.05) is 7.11 Å². The van der Waals surface area contributed by atoms with Gasteiger partial charge in [0.15, 0.2) is 11.6 Å². The molecule has 1 amide bonds. The number of aromatic nitrogens is 4. The van der Waals surface area contributed by atoms with Gasteiger partial charge in [0.1, 0.15) is 11.4 Å². The lowest BCUT2D eigenvalue weighted by Gasteiger charge is -2.13. The van der Waals surface area contributed by atoms with E-state index < -0.39 is 11.7 Å². The van der Waals surface area contributed by atoms with Gasteiger partial charge < -0.3 is 10.5 Å². The molecule has 1 aromatic carbocycles. The topological polar surface area (TPSA) is 95.9 Å². The lowest BCUT2D eigenvalue weighted by Crippen LogP contribution is -2.19. The Kier molecular flexibility index (Phi) is 4.46. The number of fused-ring (bicyclic) bond motifs is 1. The van der Waals surface area contributed by atoms with Crippen molar-refractivity contribution in [2.24, 2.45) is 5.73 Å². The second-order valence-corrected chi connectivity index (χ2v) is 6.61. The van der Waals surface area contributed by atoms with E-state index in [0.29, 0.717) is 34.3 Å². The van der Waals surface area contributed by atoms with Crippen LogP contribution in [0, 0.1) is 19.7 Å². The van der Waals surface area contributed by atoms with Crippen molar-refractivity contribution in [3.63, 3.8) is 0 Å². The number of carbonyl (C=O) groups is 1. The zero-order valence-corrected chi connectivity index (χ0v) is 16.1. The third kappa shape index (κ3) is 3.18. The number of ether oxygens (including phenoxy) is 1. The van der Waals surface area contributed by atoms with Gasteiger partial charge in [0.2, 0.25) is 5.88 Å². The number of benzene rings is 1. The molecule has 0 fully saturated rings. The normalized spacial score (nSPS) is 11.0. The van der Waals surface area contributed by atoms with Crippen LogP contribution >= 0.6 is 0 Å². The van der Waals surface area contributed by atoms with Crippen LogP contribution in [0.1, 0.15) is 21.6 Å². The van der Waals surface area contributed by atoms with Gasteiger partial charge in [0, 0.05) is 17.8 Å². The fraction of sp³-hybridized carbons (Fsp3) is 0.143. The number of nitrogens with two attached hydrogens (primary N) is 1. The number of primary amides is 1. The molecule has 0 spiro atoms. The standard InChI is InChI=1S/C21H18FN5O2/c1-11-10-27(15-7-8-16(29-3)25-18(11)15)21-17(19(23)28)12(2)24-20(26-21)13-5-4-6-14(22)9-13/h4-10H,1-3H3,(H2,23,28). The summed E-state index contributed by atoms with van der Waals surface area (Å²) in [7, 11) is 1.55. The Labute approximate surface area is 166 Å². The highest BCUT2D eigenvalue weighted by atomic mass is 19.1. The molecule has 0 radical (unpaired) electrons. The van der Waals surface area contributed by atoms with Crippen LogP contribution < -0.4 is 10.5 Å². The molecule has 3 aromatic heterocycles. The largest absolute Gasteiger partial charge is 0.481 e. The SMILES string of the molecule is COc1ccc2c(n1)c(C)cn2-c1nc(-c2cccc(F)c2)nc(C)c1C(N)=O. The second kappa shape index (κ2) is 6.97. The molecule has 2 N–H and O–H groups in total. The Morgan fingerprint density at radius 2 is 1.93 bits per heavy atom. The predicted molar refractivity (Wildman–Crippen MR) is 107 cm³/mol. The fourth-order valence-electron chi connectivity index (χ4n) is 3.31. The first-order valence-corrected chi connectivity index (χ1v) is 8.86. The molecule has 0 saturated carbocycles. The maximum atomic E-state index is 13.7. The highest BCUT2D eigenvalue weighted by Crippen LogP contribution is 2.28. The number of pyridine rings is 1. The van der Waals surface area contributed by atoms with E-state index >= 15 is 0 Å². The minimum atomic E-state index is -0.649. The Morgan fingerprint density at radius 3 is 2.62 bits per heavy atom. The van der Waals surface area contributed by atoms with E-state index in [1.807, 2.05) is 19.2 Å². The summed E-state index contributed by atoms with van der Waals surface area (Å²) in [6.45, 7) is 3.57. The zero-order chi connectivity index (χ0) is 20.7. The zero-order valence-electron chi connectivity index (χ0n) is 16.1. The average Bonchev–Trinajstić information content (AvgIpc) is 3.03. The summed E-state index contributed by atoms with van der Waals surface area (Å²) in [6.07, 6.45) is 1.82. The number of amides is 1. The van der Waals surface area contributed by atoms with Gasteiger partial charge >= 0.3 is 0 Å². The van der Waals surface area contributed by atoms with E-state index in [-0.39, 0.29) is 5.56 Å². The molecule has 0 aliphatic carbocycles. The van der Waals surface area contributed by atoms with Gasteiger partial charge in [-0.1, -0.05) is 12.1 Å². The number of hydrogen-bond donors (Lipinski definition) is 1. The number of nitrogens with zero attached hydrogens (tertiary/aromatic N) is 4. The van der Waals surface area contributed by atoms with Crippen LogP contribution in [0.3, 0.4) is 0 Å². The van der Waals surface area contributed by atoms with Crippen molar-refractivity contribution < 1.29 is 13.9 Å². The average molecular weight is 391 g/mol. The van der Waals surface area contributed by atoms with Crippen molar-refractivity contribution in [3.8, 4) is 23.1 Å². The van der Waals surface area contributed by atoms with Gasteiger partial charge in [-0.3, -0.25) is 9.36 Å². The second-order valence-electron chi connectivity index (χ2n) is 6.61. The van der Waals surface area contributed by atoms with Crippen LogP contribution in [-0.4, -0.2) is 32.5 Å². The molecular formula is C21H18FN5O2. The molecule has 29 heavy (non-hydrogen) atoms. The highest BCUT2D eigenvalue weighted by molar-refractivity contribution is 5.98. The first-order valence-electron chi connectivity index (χ1n) is 8.86. The van der Waals surface area contributed by atoms with Crippen LogP contribution in [0.15, 0.2) is 42.6 Å². The Hall–Kier alpha value is -3.81. The lowest BCUT2D eigenvalue weighted by atomic mass is 10.1. The van der Waals surface area contributed by atoms with Gasteiger partial charge in [-0.25, -0.2) is 19.3 Å². The third-order valence-corrected chi connectivity index (χ3v) is 4.64. The summed E-state index contributed by atoms with van der Waals surface area (Å²) in [6, 6.07) is 9.53. The van der Waals surface area contributed by atoms with Crippen molar-refractivity contribution in [2.45, 2.75) is 13.8 Å². The molecule has 0 aliphatic heterocycles. The fourth-order valence-corrected chi connectivity index (χ4v) is 3.31. The molecule has 0 aliphatic rings. The Bertz CT molecular complexity index is 1270. The van der Waals surface area contributed by atoms with Gasteiger partial charge in [0.05, 0.1) is 23.8 Å². The number of methoxy groups -OCH3 is 1. The summed E-state index contributed by atoms with van der Waals surface area (Å²) in [4.78, 5) is 25.6. The molecule has 4 rings (SSSR count). The maximum Gasteiger partial charge on any atom is 0.254 e. The summed E-state index contributed by atoms with van der Waals surface area (Å²) < 4.78 is 20.7. The molecule has 0 bridgehead atoms. The molecular weight excluding hydrogens is 373 g/mol. The first-order chi connectivity index (χ1) is 13.9. The van der Waals surface area contributed by atoms with Crippen LogP contribution in [0.5, 0.6) is 5.88 Å². The third-order valence-electron chi connectivity index (χ3n) is 4.64. The van der Waals surface area contributed by atoms with Crippen molar-refractivity contribution in [1.82, 2.24) is 19.5 Å². The molecule has 7 nitrogen and oxygen atoms in total. The van der Waals surface area contributed by atoms with Gasteiger partial charge in [-0.05, 0) is 37.6 Å². The summed E-state index contributed by atoms with van der Waals surface area (Å²) >= 11 is 0. The van der Waals surface area contributed by atoms with E-state index in [0.717, 1.165) is 11.1 Å². The monoisotopic (exact) mass is 391 g/mol. The smallest absolute Gasteiger partial charge is 0.254 e. The van der Waals surface area contributed by atoms with Crippen LogP contribution in [0.25, 0.3) is 28.2 Å². The predicted octanol–water partition coefficient (Wildman–Crippen LogP) is 3.35. The van der Waals surface area contributed by atoms with Crippen LogP contribution in [-0.2, 0) is 0 Å². The number of rotatable bonds is 4. The van der Waals surface area contributed by atoms with Gasteiger partial charge in [0.25, 0.3) is 5.91 Å². The van der Waals surface area contributed by atoms with E-state index in [1.165, 1.54) is 12.1 Å². The molecule has 8 heteroatoms. The summed E-state index contributed by atoms with van der Waals surface area (Å²) in [5.74, 6) is 0.0391. The molecule has 3 heterocycles. The van der Waals surface area contributed by atoms with Crippen molar-refractivity contribution >= 4 is 16.9 Å². The minimum Gasteiger partial charge on any atom is -0.481 e. The molecule has 146 valence electrons. The minimum absolute atomic E-state index is 0.192. The van der Waals surface area contributed by atoms with Gasteiger partial charge in [-0.15, -0.1) is 0 Å². The first kappa shape index (κ1) is 18.5. The quantitative estimate of drug-likeness (QED) is 0.576. The molecule has 4 aromatic rings. The summed E-state index contributed by atoms with van der Waals surface area (Å²) in [5, 5.41) is 0. The molecule has 0 saturated heterocycles. The Morgan fingerprint density at radius 1 is 1.14 bits per heavy atom. The summed E-state index contributed by atoms with van der Waals surface area (Å²) in [5.41, 5.74) is 9.05. The maximum absolute atomic E-state index is 13.7. The lowest BCUT2D eigenvalue weighted by molar-refractivity contribution is 0.0999. The highest BCUT2D eigenvalue weighted by Gasteiger charge is 2.21. The van der Waals surface area contributed by atoms with Crippen LogP contribution in [0.2, 0.25) is 0 Å². The number of aryl methyl sites for hydroxylation is 2. The van der Waals surface area contributed by atoms with E-state index in [2.05, 4.69) is 15.0 Å². The number of halogens is 1. The van der Waals surface area contributed by atoms with Crippen LogP contribution in [0.4, 0.5) is 4.39 Å². The number of carbonyl (C=O) groups excluding carboxylic acids is 1. The van der Waals surface area contributed by atoms with Gasteiger partial charge in [-0.2, -0.15) is 0 Å². The van der Waals surface area contributed by atoms with Crippen molar-refractivity contribution in [1.29, 1.82) is 0 Å². The van der Waals surface area contributed by atoms with E-state index in [4.69, 9.17) is 10.5 Å². The van der Waals surface area contributed by atoms with E-state index in [9.17, 15) is 9.18 Å². The molecule has 0 unspecified atom stereocenters. The Balaban J connectivity index is 2.02. The van der Waals surface area contributed by atoms with Crippen molar-refractivity contribution in [3.05, 3.63) is 65.2 Å². The van der Waals surface area contributed by atoms with E-state index in [1.54, 1.807) is 36.8 Å². The number of hydrogen-bond acceptors (Lipinski definition) is 5. The molecule has 0 atom stereocenters.